The number of carboxylic acid groups (broad SMARTS) is 1. The molecule has 1 aromatic heterocycles. The number of allylic oxidation sites excluding steroid dienone is 2. The summed E-state index contributed by atoms with van der Waals surface area (Å²) in [5.41, 5.74) is 8.83. The van der Waals surface area contributed by atoms with Crippen LogP contribution in [0.1, 0.15) is 68.9 Å². The van der Waals surface area contributed by atoms with Crippen LogP contribution < -0.4 is 0 Å². The van der Waals surface area contributed by atoms with Crippen molar-refractivity contribution >= 4 is 22.9 Å². The molecule has 5 aliphatic rings. The number of rotatable bonds is 2. The number of hydrogen-bond donors (Lipinski definition) is 1. The van der Waals surface area contributed by atoms with Crippen molar-refractivity contribution in [3.63, 3.8) is 0 Å². The molecule has 1 N–H and O–H groups in total. The molecular weight excluding hydrogens is 488 g/mol. The van der Waals surface area contributed by atoms with E-state index in [9.17, 15) is 14.7 Å². The predicted molar refractivity (Wildman–Crippen MR) is 150 cm³/mol. The summed E-state index contributed by atoms with van der Waals surface area (Å²) in [5.74, 6) is -1.15. The quantitative estimate of drug-likeness (QED) is 0.356. The Labute approximate surface area is 227 Å². The Hall–Kier alpha value is -4.26. The van der Waals surface area contributed by atoms with E-state index in [4.69, 9.17) is 0 Å². The topological polar surface area (TPSA) is 88.3 Å². The molecule has 5 aliphatic heterocycles. The molecule has 4 aromatic rings. The Morgan fingerprint density at radius 1 is 0.974 bits per heavy atom. The molecular formula is C32H32N4O3. The van der Waals surface area contributed by atoms with Crippen LogP contribution in [0.2, 0.25) is 0 Å². The number of hydrogen-bond acceptors (Lipinski definition) is 4. The molecule has 39 heavy (non-hydrogen) atoms. The van der Waals surface area contributed by atoms with E-state index in [0.29, 0.717) is 18.7 Å². The summed E-state index contributed by atoms with van der Waals surface area (Å²) in [7, 11) is 0. The minimum absolute atomic E-state index is 0.0287. The molecule has 3 aromatic carbocycles. The second-order valence-electron chi connectivity index (χ2n) is 10.6. The number of carboxylic acids is 1. The maximum atomic E-state index is 13.4. The number of aliphatic carboxylic acids is 1. The van der Waals surface area contributed by atoms with Crippen LogP contribution in [0.5, 0.6) is 0 Å². The lowest BCUT2D eigenvalue weighted by molar-refractivity contribution is -0.137. The van der Waals surface area contributed by atoms with Gasteiger partial charge in [-0.3, -0.25) is 9.59 Å². The minimum Gasteiger partial charge on any atom is -0.481 e. The highest BCUT2D eigenvalue weighted by atomic mass is 16.4. The Bertz CT molecular complexity index is 1590. The van der Waals surface area contributed by atoms with Gasteiger partial charge in [0.15, 0.2) is 0 Å². The molecule has 9 bridgehead atoms. The van der Waals surface area contributed by atoms with Crippen LogP contribution in [0.25, 0.3) is 11.0 Å². The largest absolute Gasteiger partial charge is 0.481 e. The summed E-state index contributed by atoms with van der Waals surface area (Å²) in [6.07, 6.45) is 7.84. The van der Waals surface area contributed by atoms with Gasteiger partial charge in [0.1, 0.15) is 5.52 Å². The van der Waals surface area contributed by atoms with Crippen molar-refractivity contribution in [2.75, 3.05) is 6.54 Å². The highest BCUT2D eigenvalue weighted by molar-refractivity contribution is 5.94. The SMILES string of the molecule is Cc1c2ccc3c1nnn3CC/C=C\CCc1ccc(cc1)C(=O)N1CCc3ccc(cc3C1)C2CC(=O)O. The van der Waals surface area contributed by atoms with Crippen LogP contribution in [0, 0.1) is 6.92 Å². The Morgan fingerprint density at radius 3 is 2.62 bits per heavy atom. The third kappa shape index (κ3) is 4.97. The first-order valence-corrected chi connectivity index (χ1v) is 13.7. The van der Waals surface area contributed by atoms with Crippen LogP contribution in [0.15, 0.2) is 66.7 Å². The first-order chi connectivity index (χ1) is 19.0. The van der Waals surface area contributed by atoms with Crippen LogP contribution in [0.4, 0.5) is 0 Å². The maximum Gasteiger partial charge on any atom is 0.304 e. The van der Waals surface area contributed by atoms with E-state index in [0.717, 1.165) is 65.5 Å². The van der Waals surface area contributed by atoms with Crippen molar-refractivity contribution in [1.82, 2.24) is 19.9 Å². The number of amides is 1. The fourth-order valence-corrected chi connectivity index (χ4v) is 5.95. The van der Waals surface area contributed by atoms with Gasteiger partial charge in [-0.15, -0.1) is 5.10 Å². The zero-order chi connectivity index (χ0) is 26.9. The molecule has 1 atom stereocenters. The fourth-order valence-electron chi connectivity index (χ4n) is 5.95. The third-order valence-electron chi connectivity index (χ3n) is 8.14. The molecule has 0 radical (unpaired) electrons. The third-order valence-corrected chi connectivity index (χ3v) is 8.14. The van der Waals surface area contributed by atoms with Gasteiger partial charge in [0.25, 0.3) is 5.91 Å². The van der Waals surface area contributed by atoms with Gasteiger partial charge in [-0.05, 0) is 84.2 Å². The lowest BCUT2D eigenvalue weighted by atomic mass is 9.83. The van der Waals surface area contributed by atoms with Crippen molar-refractivity contribution in [2.45, 2.75) is 58.0 Å². The first kappa shape index (κ1) is 25.0. The highest BCUT2D eigenvalue weighted by Crippen LogP contribution is 2.35. The van der Waals surface area contributed by atoms with E-state index in [1.165, 1.54) is 11.1 Å². The van der Waals surface area contributed by atoms with Gasteiger partial charge in [-0.2, -0.15) is 0 Å². The monoisotopic (exact) mass is 520 g/mol. The Balaban J connectivity index is 1.43. The second kappa shape index (κ2) is 10.5. The molecule has 1 amide bonds. The Morgan fingerprint density at radius 2 is 1.79 bits per heavy atom. The summed E-state index contributed by atoms with van der Waals surface area (Å²) in [5, 5.41) is 18.7. The van der Waals surface area contributed by atoms with Gasteiger partial charge in [0, 0.05) is 31.1 Å². The summed E-state index contributed by atoms with van der Waals surface area (Å²) in [6.45, 7) is 3.92. The van der Waals surface area contributed by atoms with E-state index in [-0.39, 0.29) is 18.2 Å². The second-order valence-corrected chi connectivity index (χ2v) is 10.6. The first-order valence-electron chi connectivity index (χ1n) is 13.7. The summed E-state index contributed by atoms with van der Waals surface area (Å²) in [4.78, 5) is 27.3. The number of aryl methyl sites for hydroxylation is 3. The van der Waals surface area contributed by atoms with E-state index in [2.05, 4.69) is 46.7 Å². The normalized spacial score (nSPS) is 18.4. The number of aromatic nitrogens is 3. The van der Waals surface area contributed by atoms with Crippen LogP contribution in [-0.2, 0) is 30.7 Å². The van der Waals surface area contributed by atoms with Crippen molar-refractivity contribution in [3.05, 3.63) is 106 Å². The van der Waals surface area contributed by atoms with Gasteiger partial charge in [0.2, 0.25) is 0 Å². The van der Waals surface area contributed by atoms with Crippen molar-refractivity contribution in [3.8, 4) is 0 Å². The molecule has 198 valence electrons. The molecule has 0 aliphatic carbocycles. The molecule has 7 nitrogen and oxygen atoms in total. The fraction of sp³-hybridized carbons (Fsp3) is 0.312. The van der Waals surface area contributed by atoms with Crippen LogP contribution >= 0.6 is 0 Å². The molecule has 0 spiro atoms. The maximum absolute atomic E-state index is 13.4. The van der Waals surface area contributed by atoms with Crippen molar-refractivity contribution < 1.29 is 14.7 Å². The number of carbonyl (C=O) groups excluding carboxylic acids is 1. The van der Waals surface area contributed by atoms with E-state index >= 15 is 0 Å². The summed E-state index contributed by atoms with van der Waals surface area (Å²) >= 11 is 0. The lowest BCUT2D eigenvalue weighted by Gasteiger charge is -2.30. The van der Waals surface area contributed by atoms with Gasteiger partial charge in [0.05, 0.1) is 11.9 Å². The molecule has 7 heteroatoms. The molecule has 0 fully saturated rings. The lowest BCUT2D eigenvalue weighted by Crippen LogP contribution is -2.36. The average molecular weight is 521 g/mol. The number of benzene rings is 3. The predicted octanol–water partition coefficient (Wildman–Crippen LogP) is 5.44. The van der Waals surface area contributed by atoms with Gasteiger partial charge in [-0.1, -0.05) is 53.8 Å². The molecule has 6 heterocycles. The van der Waals surface area contributed by atoms with Gasteiger partial charge >= 0.3 is 5.97 Å². The van der Waals surface area contributed by atoms with Gasteiger partial charge in [-0.25, -0.2) is 4.68 Å². The molecule has 1 unspecified atom stereocenters. The Kier molecular flexibility index (Phi) is 6.73. The molecule has 0 saturated heterocycles. The summed E-state index contributed by atoms with van der Waals surface area (Å²) < 4.78 is 1.93. The van der Waals surface area contributed by atoms with E-state index in [1.807, 2.05) is 46.8 Å². The standard InChI is InChI=1S/C32H32N4O3/c1-21-27-13-14-29-31(21)33-34-36(29)16-5-3-2-4-6-22-7-9-24(10-8-22)32(39)35-17-15-23-11-12-25(18-26(23)20-35)28(27)19-30(37)38/h2-3,7-14,18,28H,4-6,15-17,19-20H2,1H3,(H,37,38)/b3-2-. The smallest absolute Gasteiger partial charge is 0.304 e. The number of carbonyl (C=O) groups is 2. The van der Waals surface area contributed by atoms with E-state index in [1.54, 1.807) is 0 Å². The van der Waals surface area contributed by atoms with E-state index < -0.39 is 5.97 Å². The summed E-state index contributed by atoms with van der Waals surface area (Å²) in [6, 6.07) is 18.3. The molecule has 9 rings (SSSR count). The molecule has 0 saturated carbocycles. The average Bonchev–Trinajstić information content (AvgIpc) is 3.36. The highest BCUT2D eigenvalue weighted by Gasteiger charge is 2.26. The van der Waals surface area contributed by atoms with Crippen molar-refractivity contribution in [1.29, 1.82) is 0 Å². The minimum atomic E-state index is -0.852. The van der Waals surface area contributed by atoms with Crippen molar-refractivity contribution in [2.24, 2.45) is 0 Å². The van der Waals surface area contributed by atoms with Crippen LogP contribution in [-0.4, -0.2) is 43.4 Å². The zero-order valence-electron chi connectivity index (χ0n) is 22.1. The zero-order valence-corrected chi connectivity index (χ0v) is 22.1. The number of nitrogens with zero attached hydrogens (tertiary/aromatic N) is 4. The van der Waals surface area contributed by atoms with Crippen LogP contribution in [0.3, 0.4) is 0 Å². The van der Waals surface area contributed by atoms with Gasteiger partial charge < -0.3 is 10.0 Å².